The second-order valence-electron chi connectivity index (χ2n) is 5.10. The molecule has 1 heterocycles. The lowest BCUT2D eigenvalue weighted by atomic mass is 10.2. The van der Waals surface area contributed by atoms with E-state index in [4.69, 9.17) is 4.42 Å². The summed E-state index contributed by atoms with van der Waals surface area (Å²) in [5, 5.41) is 2.08. The van der Waals surface area contributed by atoms with Gasteiger partial charge in [0.2, 0.25) is 0 Å². The van der Waals surface area contributed by atoms with E-state index in [9.17, 15) is 8.78 Å². The standard InChI is InChI=1S/C18H15F2NO/c19-15-5-1-13(2-6-15)11-21-12-17-9-10-18(22-17)14-3-7-16(20)8-4-14/h1-10,21H,11-12H2/p+1. The van der Waals surface area contributed by atoms with Gasteiger partial charge in [-0.2, -0.15) is 0 Å². The van der Waals surface area contributed by atoms with Crippen molar-refractivity contribution in [1.29, 1.82) is 0 Å². The number of quaternary nitrogens is 1. The third-order valence-electron chi connectivity index (χ3n) is 3.43. The van der Waals surface area contributed by atoms with Gasteiger partial charge in [0.15, 0.2) is 5.76 Å². The summed E-state index contributed by atoms with van der Waals surface area (Å²) in [5.41, 5.74) is 1.91. The van der Waals surface area contributed by atoms with Gasteiger partial charge in [-0.25, -0.2) is 8.78 Å². The molecule has 0 aliphatic heterocycles. The van der Waals surface area contributed by atoms with E-state index in [2.05, 4.69) is 5.32 Å². The van der Waals surface area contributed by atoms with Crippen LogP contribution in [0.15, 0.2) is 65.1 Å². The van der Waals surface area contributed by atoms with Gasteiger partial charge in [0.25, 0.3) is 0 Å². The van der Waals surface area contributed by atoms with Crippen molar-refractivity contribution in [3.8, 4) is 11.3 Å². The molecule has 22 heavy (non-hydrogen) atoms. The zero-order valence-electron chi connectivity index (χ0n) is 11.9. The van der Waals surface area contributed by atoms with Crippen LogP contribution in [0.4, 0.5) is 8.78 Å². The van der Waals surface area contributed by atoms with Gasteiger partial charge in [-0.1, -0.05) is 12.1 Å². The number of hydrogen-bond acceptors (Lipinski definition) is 1. The second-order valence-corrected chi connectivity index (χ2v) is 5.10. The van der Waals surface area contributed by atoms with Crippen molar-refractivity contribution in [2.24, 2.45) is 0 Å². The molecule has 0 atom stereocenters. The molecule has 2 N–H and O–H groups in total. The van der Waals surface area contributed by atoms with Gasteiger partial charge in [0.1, 0.15) is 30.5 Å². The normalized spacial score (nSPS) is 10.8. The fraction of sp³-hybridized carbons (Fsp3) is 0.111. The molecule has 3 rings (SSSR count). The number of rotatable bonds is 5. The van der Waals surface area contributed by atoms with E-state index >= 15 is 0 Å². The fourth-order valence-corrected chi connectivity index (χ4v) is 2.26. The van der Waals surface area contributed by atoms with Crippen molar-refractivity contribution < 1.29 is 18.5 Å². The smallest absolute Gasteiger partial charge is 0.158 e. The Hall–Kier alpha value is -2.46. The van der Waals surface area contributed by atoms with Gasteiger partial charge >= 0.3 is 0 Å². The summed E-state index contributed by atoms with van der Waals surface area (Å²) >= 11 is 0. The molecule has 1 aromatic heterocycles. The van der Waals surface area contributed by atoms with Crippen LogP contribution in [0.3, 0.4) is 0 Å². The van der Waals surface area contributed by atoms with Crippen molar-refractivity contribution >= 4 is 0 Å². The Morgan fingerprint density at radius 1 is 0.727 bits per heavy atom. The predicted molar refractivity (Wildman–Crippen MR) is 79.8 cm³/mol. The Balaban J connectivity index is 1.57. The van der Waals surface area contributed by atoms with Crippen LogP contribution in [0.2, 0.25) is 0 Å². The van der Waals surface area contributed by atoms with Gasteiger partial charge in [0.05, 0.1) is 0 Å². The Morgan fingerprint density at radius 2 is 1.36 bits per heavy atom. The fourth-order valence-electron chi connectivity index (χ4n) is 2.26. The highest BCUT2D eigenvalue weighted by molar-refractivity contribution is 5.57. The maximum Gasteiger partial charge on any atom is 0.158 e. The van der Waals surface area contributed by atoms with Crippen LogP contribution in [0.1, 0.15) is 11.3 Å². The number of benzene rings is 2. The molecule has 112 valence electrons. The molecule has 2 nitrogen and oxygen atoms in total. The zero-order valence-corrected chi connectivity index (χ0v) is 11.9. The van der Waals surface area contributed by atoms with Gasteiger partial charge < -0.3 is 9.73 Å². The first-order valence-electron chi connectivity index (χ1n) is 7.11. The van der Waals surface area contributed by atoms with Crippen LogP contribution in [-0.2, 0) is 13.1 Å². The van der Waals surface area contributed by atoms with Crippen molar-refractivity contribution in [1.82, 2.24) is 0 Å². The van der Waals surface area contributed by atoms with E-state index in [1.165, 1.54) is 24.3 Å². The highest BCUT2D eigenvalue weighted by Crippen LogP contribution is 2.21. The van der Waals surface area contributed by atoms with Gasteiger partial charge in [-0.3, -0.25) is 0 Å². The van der Waals surface area contributed by atoms with E-state index in [-0.39, 0.29) is 11.6 Å². The summed E-state index contributed by atoms with van der Waals surface area (Å²) in [5.74, 6) is 1.09. The van der Waals surface area contributed by atoms with Crippen LogP contribution in [0.5, 0.6) is 0 Å². The summed E-state index contributed by atoms with van der Waals surface area (Å²) in [7, 11) is 0. The van der Waals surface area contributed by atoms with E-state index in [1.807, 2.05) is 12.1 Å². The lowest BCUT2D eigenvalue weighted by molar-refractivity contribution is -0.687. The van der Waals surface area contributed by atoms with E-state index < -0.39 is 0 Å². The van der Waals surface area contributed by atoms with Gasteiger partial charge in [-0.15, -0.1) is 0 Å². The van der Waals surface area contributed by atoms with E-state index in [1.54, 1.807) is 24.3 Å². The Labute approximate surface area is 127 Å². The maximum atomic E-state index is 12.9. The zero-order chi connectivity index (χ0) is 15.4. The van der Waals surface area contributed by atoms with Crippen molar-refractivity contribution in [2.45, 2.75) is 13.1 Å². The highest BCUT2D eigenvalue weighted by atomic mass is 19.1. The minimum absolute atomic E-state index is 0.223. The quantitative estimate of drug-likeness (QED) is 0.768. The highest BCUT2D eigenvalue weighted by Gasteiger charge is 2.06. The molecule has 0 bridgehead atoms. The van der Waals surface area contributed by atoms with Gasteiger partial charge in [-0.05, 0) is 48.5 Å². The van der Waals surface area contributed by atoms with E-state index in [0.29, 0.717) is 6.54 Å². The summed E-state index contributed by atoms with van der Waals surface area (Å²) in [6.45, 7) is 1.45. The molecule has 0 unspecified atom stereocenters. The predicted octanol–water partition coefficient (Wildman–Crippen LogP) is 3.49. The molecule has 0 aliphatic carbocycles. The largest absolute Gasteiger partial charge is 0.455 e. The molecule has 0 fully saturated rings. The maximum absolute atomic E-state index is 12.9. The van der Waals surface area contributed by atoms with Crippen molar-refractivity contribution in [3.05, 3.63) is 83.6 Å². The van der Waals surface area contributed by atoms with Gasteiger partial charge in [0, 0.05) is 11.1 Å². The molecule has 0 saturated carbocycles. The molecule has 4 heteroatoms. The molecule has 0 spiro atoms. The van der Waals surface area contributed by atoms with Crippen LogP contribution in [0.25, 0.3) is 11.3 Å². The molecular formula is C18H16F2NO+. The van der Waals surface area contributed by atoms with Crippen LogP contribution in [0, 0.1) is 11.6 Å². The monoisotopic (exact) mass is 300 g/mol. The molecular weight excluding hydrogens is 284 g/mol. The second kappa shape index (κ2) is 6.54. The Bertz CT molecular complexity index is 733. The van der Waals surface area contributed by atoms with Crippen LogP contribution in [-0.4, -0.2) is 0 Å². The first kappa shape index (κ1) is 14.5. The first-order chi connectivity index (χ1) is 10.7. The lowest BCUT2D eigenvalue weighted by Crippen LogP contribution is -2.80. The van der Waals surface area contributed by atoms with Crippen LogP contribution >= 0.6 is 0 Å². The topological polar surface area (TPSA) is 29.8 Å². The molecule has 0 amide bonds. The van der Waals surface area contributed by atoms with E-state index in [0.717, 1.165) is 29.2 Å². The number of hydrogen-bond donors (Lipinski definition) is 1. The Kier molecular flexibility index (Phi) is 4.30. The van der Waals surface area contributed by atoms with Crippen LogP contribution < -0.4 is 5.32 Å². The van der Waals surface area contributed by atoms with Crippen molar-refractivity contribution in [2.75, 3.05) is 0 Å². The number of halogens is 2. The summed E-state index contributed by atoms with van der Waals surface area (Å²) in [6.07, 6.45) is 0. The Morgan fingerprint density at radius 3 is 2.05 bits per heavy atom. The third kappa shape index (κ3) is 3.59. The van der Waals surface area contributed by atoms with Crippen molar-refractivity contribution in [3.63, 3.8) is 0 Å². The summed E-state index contributed by atoms with van der Waals surface area (Å²) in [4.78, 5) is 0. The average Bonchev–Trinajstić information content (AvgIpc) is 2.99. The number of nitrogens with two attached hydrogens (primary N) is 1. The molecule has 0 aliphatic rings. The first-order valence-corrected chi connectivity index (χ1v) is 7.11. The third-order valence-corrected chi connectivity index (χ3v) is 3.43. The summed E-state index contributed by atoms with van der Waals surface area (Å²) in [6, 6.07) is 16.5. The number of furan rings is 1. The molecule has 0 radical (unpaired) electrons. The molecule has 3 aromatic rings. The minimum Gasteiger partial charge on any atom is -0.455 e. The lowest BCUT2D eigenvalue weighted by Gasteiger charge is -2.00. The average molecular weight is 300 g/mol. The molecule has 0 saturated heterocycles. The summed E-state index contributed by atoms with van der Waals surface area (Å²) < 4.78 is 31.5. The SMILES string of the molecule is Fc1ccc(C[NH2+]Cc2ccc(-c3ccc(F)cc3)o2)cc1. The minimum atomic E-state index is -0.261. The molecule has 2 aromatic carbocycles.